The molecule has 2 aromatic rings. The lowest BCUT2D eigenvalue weighted by Gasteiger charge is -2.06. The number of halogens is 1. The van der Waals surface area contributed by atoms with Gasteiger partial charge < -0.3 is 15.1 Å². The molecule has 5 heteroatoms. The van der Waals surface area contributed by atoms with Gasteiger partial charge in [0, 0.05) is 12.0 Å². The van der Waals surface area contributed by atoms with Crippen LogP contribution in [0.4, 0.5) is 9.18 Å². The van der Waals surface area contributed by atoms with Crippen molar-refractivity contribution < 1.29 is 13.6 Å². The van der Waals surface area contributed by atoms with Crippen molar-refractivity contribution in [2.24, 2.45) is 0 Å². The Morgan fingerprint density at radius 3 is 3.00 bits per heavy atom. The van der Waals surface area contributed by atoms with E-state index in [9.17, 15) is 9.18 Å². The molecule has 1 aromatic carbocycles. The molecular formula is C15H15FN2O2. The zero-order valence-electron chi connectivity index (χ0n) is 10.8. The molecule has 1 aliphatic rings. The van der Waals surface area contributed by atoms with Crippen molar-refractivity contribution in [1.82, 2.24) is 10.6 Å². The van der Waals surface area contributed by atoms with Gasteiger partial charge in [-0.25, -0.2) is 9.18 Å². The summed E-state index contributed by atoms with van der Waals surface area (Å²) < 4.78 is 18.2. The van der Waals surface area contributed by atoms with Crippen molar-refractivity contribution in [3.8, 4) is 0 Å². The van der Waals surface area contributed by atoms with E-state index < -0.39 is 0 Å². The minimum Gasteiger partial charge on any atom is -0.467 e. The van der Waals surface area contributed by atoms with Crippen LogP contribution in [0.3, 0.4) is 0 Å². The van der Waals surface area contributed by atoms with Crippen molar-refractivity contribution in [3.63, 3.8) is 0 Å². The van der Waals surface area contributed by atoms with Crippen molar-refractivity contribution in [3.05, 3.63) is 59.8 Å². The lowest BCUT2D eigenvalue weighted by Crippen LogP contribution is -2.36. The highest BCUT2D eigenvalue weighted by atomic mass is 19.1. The molecule has 1 heterocycles. The lowest BCUT2D eigenvalue weighted by atomic mass is 10.1. The first-order valence-corrected chi connectivity index (χ1v) is 6.54. The average molecular weight is 274 g/mol. The number of rotatable bonds is 4. The summed E-state index contributed by atoms with van der Waals surface area (Å²) in [4.78, 5) is 11.7. The highest BCUT2D eigenvalue weighted by Crippen LogP contribution is 2.40. The quantitative estimate of drug-likeness (QED) is 0.900. The predicted molar refractivity (Wildman–Crippen MR) is 71.6 cm³/mol. The summed E-state index contributed by atoms with van der Waals surface area (Å²) in [5, 5.41) is 5.59. The number of amides is 2. The fourth-order valence-corrected chi connectivity index (χ4v) is 2.26. The smallest absolute Gasteiger partial charge is 0.315 e. The van der Waals surface area contributed by atoms with Gasteiger partial charge in [-0.1, -0.05) is 12.1 Å². The first-order chi connectivity index (χ1) is 9.72. The van der Waals surface area contributed by atoms with E-state index in [2.05, 4.69) is 10.6 Å². The molecule has 0 saturated heterocycles. The number of carbonyl (C=O) groups excluding carboxylic acids is 1. The third-order valence-electron chi connectivity index (χ3n) is 3.39. The van der Waals surface area contributed by atoms with Gasteiger partial charge >= 0.3 is 6.03 Å². The molecule has 0 bridgehead atoms. The topological polar surface area (TPSA) is 54.3 Å². The van der Waals surface area contributed by atoms with Gasteiger partial charge in [0.2, 0.25) is 0 Å². The maximum Gasteiger partial charge on any atom is 0.315 e. The number of furan rings is 1. The summed E-state index contributed by atoms with van der Waals surface area (Å²) in [5.74, 6) is 0.674. The highest BCUT2D eigenvalue weighted by molar-refractivity contribution is 5.74. The Hall–Kier alpha value is -2.30. The number of carbonyl (C=O) groups is 1. The van der Waals surface area contributed by atoms with Crippen LogP contribution in [0.15, 0.2) is 47.1 Å². The van der Waals surface area contributed by atoms with E-state index in [1.807, 2.05) is 6.07 Å². The van der Waals surface area contributed by atoms with Gasteiger partial charge in [-0.2, -0.15) is 0 Å². The summed E-state index contributed by atoms with van der Waals surface area (Å²) in [7, 11) is 0. The van der Waals surface area contributed by atoms with Gasteiger partial charge in [-0.15, -0.1) is 0 Å². The zero-order valence-corrected chi connectivity index (χ0v) is 10.8. The molecule has 2 atom stereocenters. The molecule has 1 aliphatic carbocycles. The van der Waals surface area contributed by atoms with Gasteiger partial charge in [-0.05, 0) is 36.2 Å². The van der Waals surface area contributed by atoms with E-state index in [1.165, 1.54) is 12.1 Å². The van der Waals surface area contributed by atoms with Crippen LogP contribution in [-0.2, 0) is 6.54 Å². The molecule has 104 valence electrons. The first kappa shape index (κ1) is 12.7. The first-order valence-electron chi connectivity index (χ1n) is 6.54. The number of hydrogen-bond acceptors (Lipinski definition) is 2. The van der Waals surface area contributed by atoms with Crippen molar-refractivity contribution in [2.75, 3.05) is 0 Å². The Balaban J connectivity index is 1.47. The second-order valence-corrected chi connectivity index (χ2v) is 4.91. The zero-order chi connectivity index (χ0) is 13.9. The van der Waals surface area contributed by atoms with Gasteiger partial charge in [0.1, 0.15) is 11.6 Å². The molecule has 1 saturated carbocycles. The molecule has 0 spiro atoms. The molecule has 20 heavy (non-hydrogen) atoms. The van der Waals surface area contributed by atoms with E-state index in [1.54, 1.807) is 24.5 Å². The molecule has 0 aliphatic heterocycles. The summed E-state index contributed by atoms with van der Waals surface area (Å²) in [5.41, 5.74) is 0.932. The number of hydrogen-bond donors (Lipinski definition) is 2. The van der Waals surface area contributed by atoms with Crippen LogP contribution >= 0.6 is 0 Å². The molecule has 0 radical (unpaired) electrons. The largest absolute Gasteiger partial charge is 0.467 e. The Bertz CT molecular complexity index is 598. The van der Waals surface area contributed by atoms with Crippen LogP contribution in [0.25, 0.3) is 0 Å². The molecule has 2 N–H and O–H groups in total. The molecule has 4 nitrogen and oxygen atoms in total. The third kappa shape index (κ3) is 2.99. The SMILES string of the molecule is O=C(NCc1ccco1)NC1CC1c1cccc(F)c1. The molecular weight excluding hydrogens is 259 g/mol. The number of benzene rings is 1. The Labute approximate surface area is 116 Å². The Morgan fingerprint density at radius 2 is 2.25 bits per heavy atom. The standard InChI is InChI=1S/C15H15FN2O2/c16-11-4-1-3-10(7-11)13-8-14(13)18-15(19)17-9-12-5-2-6-20-12/h1-7,13-14H,8-9H2,(H2,17,18,19). The van der Waals surface area contributed by atoms with Gasteiger partial charge in [0.25, 0.3) is 0 Å². The van der Waals surface area contributed by atoms with Gasteiger partial charge in [0.15, 0.2) is 0 Å². The van der Waals surface area contributed by atoms with Crippen molar-refractivity contribution >= 4 is 6.03 Å². The molecule has 1 aromatic heterocycles. The van der Waals surface area contributed by atoms with Crippen LogP contribution in [0.2, 0.25) is 0 Å². The van der Waals surface area contributed by atoms with Crippen LogP contribution in [0.1, 0.15) is 23.7 Å². The van der Waals surface area contributed by atoms with E-state index in [0.717, 1.165) is 12.0 Å². The minimum atomic E-state index is -0.240. The van der Waals surface area contributed by atoms with Crippen LogP contribution in [-0.4, -0.2) is 12.1 Å². The fourth-order valence-electron chi connectivity index (χ4n) is 2.26. The minimum absolute atomic E-state index is 0.0772. The molecule has 3 rings (SSSR count). The monoisotopic (exact) mass is 274 g/mol. The normalized spacial score (nSPS) is 20.4. The lowest BCUT2D eigenvalue weighted by molar-refractivity contribution is 0.239. The summed E-state index contributed by atoms with van der Waals surface area (Å²) in [6.07, 6.45) is 2.41. The summed E-state index contributed by atoms with van der Waals surface area (Å²) >= 11 is 0. The van der Waals surface area contributed by atoms with E-state index in [0.29, 0.717) is 12.3 Å². The second-order valence-electron chi connectivity index (χ2n) is 4.91. The molecule has 2 amide bonds. The van der Waals surface area contributed by atoms with Crippen LogP contribution in [0.5, 0.6) is 0 Å². The average Bonchev–Trinajstić information content (AvgIpc) is 2.99. The fraction of sp³-hybridized carbons (Fsp3) is 0.267. The van der Waals surface area contributed by atoms with E-state index >= 15 is 0 Å². The number of nitrogens with one attached hydrogen (secondary N) is 2. The van der Waals surface area contributed by atoms with Crippen molar-refractivity contribution in [1.29, 1.82) is 0 Å². The molecule has 2 unspecified atom stereocenters. The maximum absolute atomic E-state index is 13.1. The van der Waals surface area contributed by atoms with E-state index in [-0.39, 0.29) is 23.8 Å². The van der Waals surface area contributed by atoms with Gasteiger partial charge in [0.05, 0.1) is 12.8 Å². The third-order valence-corrected chi connectivity index (χ3v) is 3.39. The summed E-state index contributed by atoms with van der Waals surface area (Å²) in [6.45, 7) is 0.357. The summed E-state index contributed by atoms with van der Waals surface area (Å²) in [6, 6.07) is 9.94. The Kier molecular flexibility index (Phi) is 3.41. The highest BCUT2D eigenvalue weighted by Gasteiger charge is 2.39. The van der Waals surface area contributed by atoms with E-state index in [4.69, 9.17) is 4.42 Å². The van der Waals surface area contributed by atoms with Gasteiger partial charge in [-0.3, -0.25) is 0 Å². The van der Waals surface area contributed by atoms with Crippen molar-refractivity contribution in [2.45, 2.75) is 24.9 Å². The Morgan fingerprint density at radius 1 is 1.35 bits per heavy atom. The molecule has 1 fully saturated rings. The van der Waals surface area contributed by atoms with Crippen LogP contribution in [0, 0.1) is 5.82 Å². The predicted octanol–water partition coefficient (Wildman–Crippen LogP) is 2.77. The number of urea groups is 1. The van der Waals surface area contributed by atoms with Crippen LogP contribution < -0.4 is 10.6 Å². The maximum atomic E-state index is 13.1. The second kappa shape index (κ2) is 5.36.